The summed E-state index contributed by atoms with van der Waals surface area (Å²) < 4.78 is 0. The maximum atomic E-state index is 12.9. The first-order valence-corrected chi connectivity index (χ1v) is 8.68. The molecule has 5 nitrogen and oxygen atoms in total. The largest absolute Gasteiger partial charge is 0.370 e. The fourth-order valence-electron chi connectivity index (χ4n) is 3.89. The molecule has 0 bridgehead atoms. The highest BCUT2D eigenvalue weighted by Crippen LogP contribution is 2.36. The van der Waals surface area contributed by atoms with Crippen molar-refractivity contribution in [2.45, 2.75) is 19.8 Å². The van der Waals surface area contributed by atoms with Gasteiger partial charge in [0.1, 0.15) is 0 Å². The monoisotopic (exact) mass is 312 g/mol. The third-order valence-corrected chi connectivity index (χ3v) is 5.07. The summed E-state index contributed by atoms with van der Waals surface area (Å²) in [4.78, 5) is 20.9. The minimum atomic E-state index is 0.152. The molecule has 5 heteroatoms. The van der Waals surface area contributed by atoms with Gasteiger partial charge in [-0.05, 0) is 25.8 Å². The van der Waals surface area contributed by atoms with Crippen LogP contribution in [0.3, 0.4) is 0 Å². The van der Waals surface area contributed by atoms with Crippen molar-refractivity contribution < 1.29 is 4.79 Å². The number of hydrogen-bond acceptors (Lipinski definition) is 3. The van der Waals surface area contributed by atoms with Crippen LogP contribution in [0.4, 0.5) is 5.69 Å². The standard InChI is InChI=1S/C18H24N4O/c1-2-21-10-4-7-15-17(21)13-5-3-6-14(16(13)20-15)18(23)22-11-8-19-9-12-22/h3,5-6,19-20H,2,4,7-12H2,1H3. The van der Waals surface area contributed by atoms with Crippen LogP contribution in [0.2, 0.25) is 0 Å². The molecule has 122 valence electrons. The molecule has 0 spiro atoms. The number of amides is 1. The van der Waals surface area contributed by atoms with Crippen molar-refractivity contribution in [2.24, 2.45) is 0 Å². The van der Waals surface area contributed by atoms with Crippen LogP contribution < -0.4 is 10.2 Å². The van der Waals surface area contributed by atoms with E-state index in [0.29, 0.717) is 0 Å². The number of H-pyrrole nitrogens is 1. The Balaban J connectivity index is 1.79. The molecule has 1 saturated heterocycles. The lowest BCUT2D eigenvalue weighted by Gasteiger charge is -2.28. The molecule has 1 amide bonds. The van der Waals surface area contributed by atoms with Crippen LogP contribution in [0.5, 0.6) is 0 Å². The summed E-state index contributed by atoms with van der Waals surface area (Å²) in [6, 6.07) is 6.13. The van der Waals surface area contributed by atoms with Gasteiger partial charge in [0, 0.05) is 50.3 Å². The van der Waals surface area contributed by atoms with Crippen molar-refractivity contribution in [1.29, 1.82) is 0 Å². The van der Waals surface area contributed by atoms with E-state index in [1.165, 1.54) is 23.2 Å². The smallest absolute Gasteiger partial charge is 0.256 e. The van der Waals surface area contributed by atoms with Crippen LogP contribution in [0.1, 0.15) is 29.4 Å². The molecule has 0 radical (unpaired) electrons. The van der Waals surface area contributed by atoms with E-state index in [1.807, 2.05) is 17.0 Å². The molecule has 1 fully saturated rings. The predicted molar refractivity (Wildman–Crippen MR) is 93.3 cm³/mol. The molecule has 1 aromatic carbocycles. The van der Waals surface area contributed by atoms with Crippen molar-refractivity contribution >= 4 is 22.5 Å². The number of nitrogens with one attached hydrogen (secondary N) is 2. The number of carbonyl (C=O) groups is 1. The molecule has 2 aliphatic rings. The van der Waals surface area contributed by atoms with E-state index in [4.69, 9.17) is 0 Å². The summed E-state index contributed by atoms with van der Waals surface area (Å²) in [5.74, 6) is 0.152. The van der Waals surface area contributed by atoms with E-state index < -0.39 is 0 Å². The lowest BCUT2D eigenvalue weighted by Crippen LogP contribution is -2.46. The number of benzene rings is 1. The Morgan fingerprint density at radius 2 is 2.04 bits per heavy atom. The minimum absolute atomic E-state index is 0.152. The lowest BCUT2D eigenvalue weighted by atomic mass is 10.1. The van der Waals surface area contributed by atoms with Gasteiger partial charge in [-0.3, -0.25) is 4.79 Å². The molecule has 0 aliphatic carbocycles. The quantitative estimate of drug-likeness (QED) is 0.891. The fraction of sp³-hybridized carbons (Fsp3) is 0.500. The topological polar surface area (TPSA) is 51.4 Å². The van der Waals surface area contributed by atoms with Crippen LogP contribution in [-0.4, -0.2) is 55.1 Å². The van der Waals surface area contributed by atoms with Crippen LogP contribution in [-0.2, 0) is 6.42 Å². The summed E-state index contributed by atoms with van der Waals surface area (Å²) in [6.07, 6.45) is 2.25. The first kappa shape index (κ1) is 14.6. The number of carbonyl (C=O) groups excluding carboxylic acids is 1. The number of aromatic amines is 1. The molecular weight excluding hydrogens is 288 g/mol. The normalized spacial score (nSPS) is 18.3. The molecule has 2 aromatic rings. The molecule has 4 rings (SSSR count). The summed E-state index contributed by atoms with van der Waals surface area (Å²) >= 11 is 0. The number of rotatable bonds is 2. The highest BCUT2D eigenvalue weighted by atomic mass is 16.2. The molecule has 23 heavy (non-hydrogen) atoms. The van der Waals surface area contributed by atoms with E-state index >= 15 is 0 Å². The molecule has 2 aliphatic heterocycles. The van der Waals surface area contributed by atoms with E-state index in [9.17, 15) is 4.79 Å². The first-order valence-electron chi connectivity index (χ1n) is 8.68. The lowest BCUT2D eigenvalue weighted by molar-refractivity contribution is 0.0737. The van der Waals surface area contributed by atoms with Crippen molar-refractivity contribution in [3.05, 3.63) is 29.5 Å². The molecule has 3 heterocycles. The van der Waals surface area contributed by atoms with Crippen LogP contribution in [0.15, 0.2) is 18.2 Å². The SMILES string of the molecule is CCN1CCCc2[nH]c3c(C(=O)N4CCNCC4)cccc3c21. The second kappa shape index (κ2) is 5.89. The summed E-state index contributed by atoms with van der Waals surface area (Å²) in [5.41, 5.74) is 4.42. The zero-order valence-electron chi connectivity index (χ0n) is 13.7. The molecule has 1 aromatic heterocycles. The van der Waals surface area contributed by atoms with Gasteiger partial charge in [0.25, 0.3) is 5.91 Å². The van der Waals surface area contributed by atoms with Gasteiger partial charge in [-0.2, -0.15) is 0 Å². The average Bonchev–Trinajstić information content (AvgIpc) is 3.00. The van der Waals surface area contributed by atoms with Crippen molar-refractivity contribution in [3.8, 4) is 0 Å². The average molecular weight is 312 g/mol. The van der Waals surface area contributed by atoms with Gasteiger partial charge in [-0.25, -0.2) is 0 Å². The number of piperazine rings is 1. The Hall–Kier alpha value is -2.01. The maximum Gasteiger partial charge on any atom is 0.256 e. The Bertz CT molecular complexity index is 730. The molecule has 0 atom stereocenters. The zero-order chi connectivity index (χ0) is 15.8. The minimum Gasteiger partial charge on any atom is -0.370 e. The van der Waals surface area contributed by atoms with E-state index in [2.05, 4.69) is 28.2 Å². The summed E-state index contributed by atoms with van der Waals surface area (Å²) in [5, 5.41) is 4.50. The first-order chi connectivity index (χ1) is 11.3. The molecule has 0 unspecified atom stereocenters. The van der Waals surface area contributed by atoms with Crippen molar-refractivity contribution in [3.63, 3.8) is 0 Å². The molecular formula is C18H24N4O. The second-order valence-electron chi connectivity index (χ2n) is 6.41. The second-order valence-corrected chi connectivity index (χ2v) is 6.41. The molecule has 2 N–H and O–H groups in total. The van der Waals surface area contributed by atoms with E-state index in [-0.39, 0.29) is 5.91 Å². The van der Waals surface area contributed by atoms with Gasteiger partial charge in [-0.1, -0.05) is 12.1 Å². The zero-order valence-corrected chi connectivity index (χ0v) is 13.7. The number of aryl methyl sites for hydroxylation is 1. The number of aromatic nitrogens is 1. The highest BCUT2D eigenvalue weighted by molar-refractivity contribution is 6.09. The van der Waals surface area contributed by atoms with Gasteiger partial charge in [0.05, 0.1) is 16.8 Å². The number of para-hydroxylation sites is 1. The predicted octanol–water partition coefficient (Wildman–Crippen LogP) is 1.99. The third-order valence-electron chi connectivity index (χ3n) is 5.07. The highest BCUT2D eigenvalue weighted by Gasteiger charge is 2.25. The third kappa shape index (κ3) is 2.39. The van der Waals surface area contributed by atoms with Crippen LogP contribution in [0.25, 0.3) is 10.9 Å². The van der Waals surface area contributed by atoms with Gasteiger partial charge in [0.15, 0.2) is 0 Å². The van der Waals surface area contributed by atoms with Gasteiger partial charge < -0.3 is 20.1 Å². The molecule has 0 saturated carbocycles. The number of fused-ring (bicyclic) bond motifs is 3. The maximum absolute atomic E-state index is 12.9. The van der Waals surface area contributed by atoms with E-state index in [0.717, 1.165) is 56.8 Å². The number of hydrogen-bond donors (Lipinski definition) is 2. The van der Waals surface area contributed by atoms with E-state index in [1.54, 1.807) is 0 Å². The van der Waals surface area contributed by atoms with Crippen molar-refractivity contribution in [1.82, 2.24) is 15.2 Å². The number of nitrogens with zero attached hydrogens (tertiary/aromatic N) is 2. The van der Waals surface area contributed by atoms with Crippen LogP contribution >= 0.6 is 0 Å². The Morgan fingerprint density at radius 1 is 1.22 bits per heavy atom. The van der Waals surface area contributed by atoms with Gasteiger partial charge >= 0.3 is 0 Å². The Kier molecular flexibility index (Phi) is 3.73. The number of anilines is 1. The summed E-state index contributed by atoms with van der Waals surface area (Å²) in [7, 11) is 0. The Labute approximate surface area is 136 Å². The van der Waals surface area contributed by atoms with Gasteiger partial charge in [0.2, 0.25) is 0 Å². The Morgan fingerprint density at radius 3 is 2.83 bits per heavy atom. The van der Waals surface area contributed by atoms with Gasteiger partial charge in [-0.15, -0.1) is 0 Å². The van der Waals surface area contributed by atoms with Crippen LogP contribution in [0, 0.1) is 0 Å². The van der Waals surface area contributed by atoms with Crippen molar-refractivity contribution in [2.75, 3.05) is 44.2 Å². The fourth-order valence-corrected chi connectivity index (χ4v) is 3.89. The summed E-state index contributed by atoms with van der Waals surface area (Å²) in [6.45, 7) is 7.65.